The third-order valence-electron chi connectivity index (χ3n) is 3.21. The molecule has 7 heteroatoms. The van der Waals surface area contributed by atoms with Crippen LogP contribution in [-0.2, 0) is 4.79 Å². The number of carboxylic acid groups (broad SMARTS) is 1. The van der Waals surface area contributed by atoms with Crippen molar-refractivity contribution in [3.63, 3.8) is 0 Å². The topological polar surface area (TPSA) is 78.4 Å². The predicted octanol–water partition coefficient (Wildman–Crippen LogP) is 3.02. The number of carbonyl (C=O) groups excluding carboxylic acids is 1. The molecule has 0 saturated carbocycles. The normalized spacial score (nSPS) is 10.2. The highest BCUT2D eigenvalue weighted by molar-refractivity contribution is 5.97. The molecular formula is C16H14F2N2O3. The van der Waals surface area contributed by atoms with Gasteiger partial charge in [-0.3, -0.25) is 4.79 Å². The van der Waals surface area contributed by atoms with E-state index in [4.69, 9.17) is 5.11 Å². The third kappa shape index (κ3) is 4.03. The lowest BCUT2D eigenvalue weighted by Gasteiger charge is -2.11. The number of nitrogens with one attached hydrogen (secondary N) is 2. The van der Waals surface area contributed by atoms with Crippen molar-refractivity contribution in [2.45, 2.75) is 6.92 Å². The minimum atomic E-state index is -1.08. The van der Waals surface area contributed by atoms with Crippen LogP contribution in [-0.4, -0.2) is 23.5 Å². The zero-order valence-corrected chi connectivity index (χ0v) is 12.2. The average Bonchev–Trinajstić information content (AvgIpc) is 2.50. The van der Waals surface area contributed by atoms with Crippen molar-refractivity contribution >= 4 is 23.3 Å². The van der Waals surface area contributed by atoms with Crippen molar-refractivity contribution < 1.29 is 23.5 Å². The smallest absolute Gasteiger partial charge is 0.336 e. The summed E-state index contributed by atoms with van der Waals surface area (Å²) in [6, 6.07) is 7.75. The van der Waals surface area contributed by atoms with Crippen LogP contribution in [0.1, 0.15) is 15.9 Å². The summed E-state index contributed by atoms with van der Waals surface area (Å²) in [5.74, 6) is -3.51. The van der Waals surface area contributed by atoms with Gasteiger partial charge in [0.1, 0.15) is 0 Å². The summed E-state index contributed by atoms with van der Waals surface area (Å²) in [6.45, 7) is 1.41. The Bertz CT molecular complexity index is 763. The van der Waals surface area contributed by atoms with Crippen molar-refractivity contribution in [3.8, 4) is 0 Å². The fraction of sp³-hybridized carbons (Fsp3) is 0.125. The number of amides is 1. The molecule has 2 aromatic carbocycles. The third-order valence-corrected chi connectivity index (χ3v) is 3.21. The van der Waals surface area contributed by atoms with Crippen molar-refractivity contribution in [3.05, 3.63) is 59.2 Å². The summed E-state index contributed by atoms with van der Waals surface area (Å²) in [4.78, 5) is 22.9. The van der Waals surface area contributed by atoms with Crippen LogP contribution in [0.4, 0.5) is 20.2 Å². The molecule has 2 rings (SSSR count). The largest absolute Gasteiger partial charge is 0.478 e. The molecule has 0 saturated heterocycles. The Balaban J connectivity index is 2.01. The molecule has 0 fully saturated rings. The van der Waals surface area contributed by atoms with Crippen LogP contribution in [0.15, 0.2) is 36.4 Å². The highest BCUT2D eigenvalue weighted by Crippen LogP contribution is 2.19. The standard InChI is InChI=1S/C16H14F2N2O3/c1-9-11(16(22)23)3-2-4-14(9)20-15(21)8-19-10-5-6-12(17)13(18)7-10/h2-7,19H,8H2,1H3,(H,20,21)(H,22,23). The maximum atomic E-state index is 13.1. The quantitative estimate of drug-likeness (QED) is 0.791. The van der Waals surface area contributed by atoms with E-state index in [1.165, 1.54) is 18.2 Å². The molecular weight excluding hydrogens is 306 g/mol. The van der Waals surface area contributed by atoms with Gasteiger partial charge in [-0.2, -0.15) is 0 Å². The fourth-order valence-electron chi connectivity index (χ4n) is 1.99. The van der Waals surface area contributed by atoms with Crippen LogP contribution in [0, 0.1) is 18.6 Å². The number of hydrogen-bond acceptors (Lipinski definition) is 3. The van der Waals surface area contributed by atoms with Gasteiger partial charge in [-0.25, -0.2) is 13.6 Å². The molecule has 0 aliphatic rings. The van der Waals surface area contributed by atoms with Gasteiger partial charge < -0.3 is 15.7 Å². The monoisotopic (exact) mass is 320 g/mol. The van der Waals surface area contributed by atoms with E-state index < -0.39 is 23.5 Å². The molecule has 0 bridgehead atoms. The molecule has 0 spiro atoms. The summed E-state index contributed by atoms with van der Waals surface area (Å²) in [5, 5.41) is 14.3. The van der Waals surface area contributed by atoms with E-state index in [-0.39, 0.29) is 17.8 Å². The second kappa shape index (κ2) is 6.87. The Kier molecular flexibility index (Phi) is 4.90. The van der Waals surface area contributed by atoms with Crippen LogP contribution in [0.2, 0.25) is 0 Å². The Morgan fingerprint density at radius 1 is 1.13 bits per heavy atom. The van der Waals surface area contributed by atoms with E-state index in [0.717, 1.165) is 12.1 Å². The number of benzene rings is 2. The van der Waals surface area contributed by atoms with Crippen LogP contribution >= 0.6 is 0 Å². The van der Waals surface area contributed by atoms with Crippen molar-refractivity contribution in [2.75, 3.05) is 17.2 Å². The minimum Gasteiger partial charge on any atom is -0.478 e. The summed E-state index contributed by atoms with van der Waals surface area (Å²) in [6.07, 6.45) is 0. The summed E-state index contributed by atoms with van der Waals surface area (Å²) >= 11 is 0. The molecule has 23 heavy (non-hydrogen) atoms. The summed E-state index contributed by atoms with van der Waals surface area (Å²) < 4.78 is 25.9. The van der Waals surface area contributed by atoms with Crippen LogP contribution in [0.3, 0.4) is 0 Å². The number of anilines is 2. The molecule has 0 aliphatic carbocycles. The number of aromatic carboxylic acids is 1. The highest BCUT2D eigenvalue weighted by atomic mass is 19.2. The van der Waals surface area contributed by atoms with Crippen molar-refractivity contribution in [1.29, 1.82) is 0 Å². The lowest BCUT2D eigenvalue weighted by molar-refractivity contribution is -0.114. The molecule has 0 heterocycles. The van der Waals surface area contributed by atoms with Crippen molar-refractivity contribution in [2.24, 2.45) is 0 Å². The molecule has 5 nitrogen and oxygen atoms in total. The molecule has 120 valence electrons. The van der Waals surface area contributed by atoms with E-state index in [9.17, 15) is 18.4 Å². The first-order valence-electron chi connectivity index (χ1n) is 6.70. The average molecular weight is 320 g/mol. The van der Waals surface area contributed by atoms with Gasteiger partial charge in [0.25, 0.3) is 0 Å². The maximum Gasteiger partial charge on any atom is 0.336 e. The Labute approximate surface area is 130 Å². The first kappa shape index (κ1) is 16.4. The SMILES string of the molecule is Cc1c(NC(=O)CNc2ccc(F)c(F)c2)cccc1C(=O)O. The first-order valence-corrected chi connectivity index (χ1v) is 6.70. The molecule has 0 aliphatic heterocycles. The Hall–Kier alpha value is -2.96. The number of rotatable bonds is 5. The van der Waals surface area contributed by atoms with Gasteiger partial charge >= 0.3 is 5.97 Å². The molecule has 0 radical (unpaired) electrons. The Morgan fingerprint density at radius 3 is 2.52 bits per heavy atom. The molecule has 1 amide bonds. The minimum absolute atomic E-state index is 0.0939. The van der Waals surface area contributed by atoms with Gasteiger partial charge in [0, 0.05) is 17.4 Å². The zero-order chi connectivity index (χ0) is 17.0. The maximum absolute atomic E-state index is 13.1. The molecule has 0 atom stereocenters. The van der Waals surface area contributed by atoms with Crippen LogP contribution < -0.4 is 10.6 Å². The lowest BCUT2D eigenvalue weighted by atomic mass is 10.1. The van der Waals surface area contributed by atoms with E-state index in [1.807, 2.05) is 0 Å². The van der Waals surface area contributed by atoms with Gasteiger partial charge in [-0.1, -0.05) is 6.07 Å². The number of carbonyl (C=O) groups is 2. The fourth-order valence-corrected chi connectivity index (χ4v) is 1.99. The van der Waals surface area contributed by atoms with E-state index in [0.29, 0.717) is 11.3 Å². The summed E-state index contributed by atoms with van der Waals surface area (Å²) in [5.41, 5.74) is 1.16. The second-order valence-corrected chi connectivity index (χ2v) is 4.81. The van der Waals surface area contributed by atoms with Gasteiger partial charge in [-0.05, 0) is 36.8 Å². The lowest BCUT2D eigenvalue weighted by Crippen LogP contribution is -2.22. The number of hydrogen-bond donors (Lipinski definition) is 3. The van der Waals surface area contributed by atoms with Gasteiger partial charge in [0.2, 0.25) is 5.91 Å². The van der Waals surface area contributed by atoms with E-state index >= 15 is 0 Å². The molecule has 0 unspecified atom stereocenters. The Morgan fingerprint density at radius 2 is 1.87 bits per heavy atom. The van der Waals surface area contributed by atoms with Crippen molar-refractivity contribution in [1.82, 2.24) is 0 Å². The van der Waals surface area contributed by atoms with Crippen LogP contribution in [0.5, 0.6) is 0 Å². The molecule has 3 N–H and O–H groups in total. The van der Waals surface area contributed by atoms with Gasteiger partial charge in [-0.15, -0.1) is 0 Å². The molecule has 0 aromatic heterocycles. The van der Waals surface area contributed by atoms with Crippen LogP contribution in [0.25, 0.3) is 0 Å². The van der Waals surface area contributed by atoms with E-state index in [1.54, 1.807) is 13.0 Å². The predicted molar refractivity (Wildman–Crippen MR) is 81.6 cm³/mol. The highest BCUT2D eigenvalue weighted by Gasteiger charge is 2.12. The zero-order valence-electron chi connectivity index (χ0n) is 12.2. The second-order valence-electron chi connectivity index (χ2n) is 4.81. The number of carboxylic acids is 1. The first-order chi connectivity index (χ1) is 10.9. The van der Waals surface area contributed by atoms with Gasteiger partial charge in [0.15, 0.2) is 11.6 Å². The van der Waals surface area contributed by atoms with Gasteiger partial charge in [0.05, 0.1) is 12.1 Å². The summed E-state index contributed by atoms with van der Waals surface area (Å²) in [7, 11) is 0. The van der Waals surface area contributed by atoms with E-state index in [2.05, 4.69) is 10.6 Å². The molecule has 2 aromatic rings. The number of halogens is 2.